The Kier molecular flexibility index (Phi) is 8.20. The van der Waals surface area contributed by atoms with Crippen LogP contribution in [-0.2, 0) is 22.3 Å². The highest BCUT2D eigenvalue weighted by atomic mass is 19.4. The van der Waals surface area contributed by atoms with Gasteiger partial charge in [-0.15, -0.1) is 0 Å². The summed E-state index contributed by atoms with van der Waals surface area (Å²) in [5.74, 6) is -1.81. The first kappa shape index (κ1) is 22.9. The number of benzene rings is 1. The van der Waals surface area contributed by atoms with Crippen LogP contribution in [0.5, 0.6) is 0 Å². The van der Waals surface area contributed by atoms with E-state index in [1.54, 1.807) is 14.1 Å². The maximum Gasteiger partial charge on any atom is 0.416 e. The standard InChI is InChI=1S/C17H24F3N3O4/c1-22(2)8-9-23(3)16(27)14(25)13(24)15(26)21-10-11-4-6-12(7-5-11)17(18,19)20/h4-7,13-14,24-25H,8-10H2,1-3H3,(H,21,26)/t13-,14-/m1/s1. The molecule has 0 aliphatic carbocycles. The summed E-state index contributed by atoms with van der Waals surface area (Å²) >= 11 is 0. The number of amides is 2. The van der Waals surface area contributed by atoms with E-state index in [2.05, 4.69) is 5.32 Å². The van der Waals surface area contributed by atoms with Gasteiger partial charge in [0.15, 0.2) is 12.2 Å². The molecule has 1 aromatic carbocycles. The molecule has 2 atom stereocenters. The molecule has 0 bridgehead atoms. The van der Waals surface area contributed by atoms with Gasteiger partial charge in [-0.2, -0.15) is 13.2 Å². The van der Waals surface area contributed by atoms with Gasteiger partial charge in [-0.05, 0) is 31.8 Å². The third-order valence-corrected chi connectivity index (χ3v) is 3.83. The van der Waals surface area contributed by atoms with Gasteiger partial charge < -0.3 is 25.3 Å². The minimum absolute atomic E-state index is 0.161. The van der Waals surface area contributed by atoms with E-state index in [0.717, 1.165) is 12.1 Å². The highest BCUT2D eigenvalue weighted by Gasteiger charge is 2.32. The minimum atomic E-state index is -4.46. The Morgan fingerprint density at radius 3 is 2.07 bits per heavy atom. The van der Waals surface area contributed by atoms with Crippen molar-refractivity contribution in [3.63, 3.8) is 0 Å². The number of carbonyl (C=O) groups is 2. The normalized spacial score (nSPS) is 14.0. The highest BCUT2D eigenvalue weighted by molar-refractivity contribution is 5.90. The Balaban J connectivity index is 2.57. The number of hydrogen-bond acceptors (Lipinski definition) is 5. The fourth-order valence-electron chi connectivity index (χ4n) is 2.07. The summed E-state index contributed by atoms with van der Waals surface area (Å²) in [6, 6.07) is 4.12. The van der Waals surface area contributed by atoms with Crippen molar-refractivity contribution >= 4 is 11.8 Å². The molecule has 27 heavy (non-hydrogen) atoms. The van der Waals surface area contributed by atoms with E-state index in [1.165, 1.54) is 24.1 Å². The number of nitrogens with zero attached hydrogens (tertiary/aromatic N) is 2. The number of likely N-dealkylation sites (N-methyl/N-ethyl adjacent to an activating group) is 2. The van der Waals surface area contributed by atoms with Crippen molar-refractivity contribution < 1.29 is 33.0 Å². The number of halogens is 3. The van der Waals surface area contributed by atoms with E-state index in [4.69, 9.17) is 0 Å². The van der Waals surface area contributed by atoms with E-state index in [0.29, 0.717) is 18.7 Å². The fourth-order valence-corrected chi connectivity index (χ4v) is 2.07. The van der Waals surface area contributed by atoms with Crippen LogP contribution in [0.1, 0.15) is 11.1 Å². The summed E-state index contributed by atoms with van der Waals surface area (Å²) in [6.45, 7) is 0.666. The number of aliphatic hydroxyl groups is 2. The lowest BCUT2D eigenvalue weighted by molar-refractivity contribution is -0.152. The van der Waals surface area contributed by atoms with Crippen LogP contribution in [-0.4, -0.2) is 78.3 Å². The van der Waals surface area contributed by atoms with Crippen molar-refractivity contribution in [1.82, 2.24) is 15.1 Å². The van der Waals surface area contributed by atoms with Crippen LogP contribution in [0.3, 0.4) is 0 Å². The van der Waals surface area contributed by atoms with E-state index in [1.807, 2.05) is 4.90 Å². The molecule has 0 aliphatic rings. The maximum absolute atomic E-state index is 12.5. The molecule has 0 fully saturated rings. The molecule has 3 N–H and O–H groups in total. The minimum Gasteiger partial charge on any atom is -0.380 e. The molecule has 0 heterocycles. The predicted octanol–water partition coefficient (Wildman–Crippen LogP) is 0.0634. The van der Waals surface area contributed by atoms with Crippen LogP contribution in [0, 0.1) is 0 Å². The molecule has 0 saturated heterocycles. The first-order chi connectivity index (χ1) is 12.4. The van der Waals surface area contributed by atoms with Crippen LogP contribution >= 0.6 is 0 Å². The van der Waals surface area contributed by atoms with Gasteiger partial charge in [0.25, 0.3) is 11.8 Å². The van der Waals surface area contributed by atoms with Crippen molar-refractivity contribution in [3.8, 4) is 0 Å². The second-order valence-corrected chi connectivity index (χ2v) is 6.37. The van der Waals surface area contributed by atoms with Gasteiger partial charge in [-0.1, -0.05) is 12.1 Å². The Bertz CT molecular complexity index is 635. The molecule has 0 radical (unpaired) electrons. The Morgan fingerprint density at radius 1 is 1.04 bits per heavy atom. The van der Waals surface area contributed by atoms with Gasteiger partial charge in [0.05, 0.1) is 5.56 Å². The molecule has 7 nitrogen and oxygen atoms in total. The summed E-state index contributed by atoms with van der Waals surface area (Å²) in [4.78, 5) is 26.9. The lowest BCUT2D eigenvalue weighted by Gasteiger charge is -2.24. The van der Waals surface area contributed by atoms with E-state index in [9.17, 15) is 33.0 Å². The van der Waals surface area contributed by atoms with Gasteiger partial charge in [0, 0.05) is 26.7 Å². The molecule has 1 aromatic rings. The van der Waals surface area contributed by atoms with Gasteiger partial charge in [-0.3, -0.25) is 9.59 Å². The first-order valence-electron chi connectivity index (χ1n) is 8.13. The zero-order valence-corrected chi connectivity index (χ0v) is 15.3. The molecule has 152 valence electrons. The van der Waals surface area contributed by atoms with Gasteiger partial charge in [0.1, 0.15) is 0 Å². The number of nitrogens with one attached hydrogen (secondary N) is 1. The van der Waals surface area contributed by atoms with E-state index < -0.39 is 35.8 Å². The molecule has 0 saturated carbocycles. The topological polar surface area (TPSA) is 93.1 Å². The first-order valence-corrected chi connectivity index (χ1v) is 8.13. The molecular weight excluding hydrogens is 367 g/mol. The number of carbonyl (C=O) groups excluding carboxylic acids is 2. The van der Waals surface area contributed by atoms with Crippen LogP contribution in [0.4, 0.5) is 13.2 Å². The quantitative estimate of drug-likeness (QED) is 0.583. The van der Waals surface area contributed by atoms with Crippen LogP contribution in [0.25, 0.3) is 0 Å². The van der Waals surface area contributed by atoms with Gasteiger partial charge >= 0.3 is 6.18 Å². The lowest BCUT2D eigenvalue weighted by Crippen LogP contribution is -2.50. The van der Waals surface area contributed by atoms with Crippen LogP contribution < -0.4 is 5.32 Å². The average molecular weight is 391 g/mol. The third-order valence-electron chi connectivity index (χ3n) is 3.83. The smallest absolute Gasteiger partial charge is 0.380 e. The maximum atomic E-state index is 12.5. The summed E-state index contributed by atoms with van der Waals surface area (Å²) in [6.07, 6.45) is -8.39. The summed E-state index contributed by atoms with van der Waals surface area (Å²) in [5.41, 5.74) is -0.452. The number of alkyl halides is 3. The molecule has 0 spiro atoms. The summed E-state index contributed by atoms with van der Waals surface area (Å²) in [7, 11) is 5.04. The molecule has 10 heteroatoms. The van der Waals surface area contributed by atoms with Crippen molar-refractivity contribution in [1.29, 1.82) is 0 Å². The Hall–Kier alpha value is -2.17. The van der Waals surface area contributed by atoms with Gasteiger partial charge in [0.2, 0.25) is 0 Å². The Labute approximate surface area is 155 Å². The highest BCUT2D eigenvalue weighted by Crippen LogP contribution is 2.29. The Morgan fingerprint density at radius 2 is 1.59 bits per heavy atom. The van der Waals surface area contributed by atoms with Gasteiger partial charge in [-0.25, -0.2) is 0 Å². The lowest BCUT2D eigenvalue weighted by atomic mass is 10.1. The average Bonchev–Trinajstić information content (AvgIpc) is 2.61. The second-order valence-electron chi connectivity index (χ2n) is 6.37. The molecular formula is C17H24F3N3O4. The van der Waals surface area contributed by atoms with Crippen LogP contribution in [0.15, 0.2) is 24.3 Å². The number of aliphatic hydroxyl groups excluding tert-OH is 2. The van der Waals surface area contributed by atoms with Crippen molar-refractivity contribution in [2.75, 3.05) is 34.2 Å². The summed E-state index contributed by atoms with van der Waals surface area (Å²) in [5, 5.41) is 22.0. The number of rotatable bonds is 8. The van der Waals surface area contributed by atoms with E-state index in [-0.39, 0.29) is 6.54 Å². The molecule has 2 amide bonds. The van der Waals surface area contributed by atoms with Crippen LogP contribution in [0.2, 0.25) is 0 Å². The SMILES string of the molecule is CN(C)CCN(C)C(=O)[C@H](O)[C@@H](O)C(=O)NCc1ccc(C(F)(F)F)cc1. The zero-order valence-electron chi connectivity index (χ0n) is 15.3. The largest absolute Gasteiger partial charge is 0.416 e. The van der Waals surface area contributed by atoms with Crippen molar-refractivity contribution in [2.24, 2.45) is 0 Å². The molecule has 0 aromatic heterocycles. The third kappa shape index (κ3) is 7.16. The number of hydrogen-bond donors (Lipinski definition) is 3. The second kappa shape index (κ2) is 9.67. The fraction of sp³-hybridized carbons (Fsp3) is 0.529. The van der Waals surface area contributed by atoms with Crippen molar-refractivity contribution in [2.45, 2.75) is 24.9 Å². The molecule has 0 aliphatic heterocycles. The van der Waals surface area contributed by atoms with Crippen molar-refractivity contribution in [3.05, 3.63) is 35.4 Å². The molecule has 1 rings (SSSR count). The van der Waals surface area contributed by atoms with E-state index >= 15 is 0 Å². The zero-order chi connectivity index (χ0) is 20.8. The predicted molar refractivity (Wildman–Crippen MR) is 91.5 cm³/mol. The monoisotopic (exact) mass is 391 g/mol. The molecule has 0 unspecified atom stereocenters. The summed E-state index contributed by atoms with van der Waals surface area (Å²) < 4.78 is 37.5.